The van der Waals surface area contributed by atoms with Crippen LogP contribution in [0.4, 0.5) is 0 Å². The number of carbonyl (C=O) groups excluding carboxylic acids is 1. The third-order valence-corrected chi connectivity index (χ3v) is 4.96. The summed E-state index contributed by atoms with van der Waals surface area (Å²) in [6.45, 7) is 0.187. The van der Waals surface area contributed by atoms with E-state index in [1.165, 1.54) is 11.7 Å². The Bertz CT molecular complexity index is 839. The predicted octanol–water partition coefficient (Wildman–Crippen LogP) is 0.445. The quantitative estimate of drug-likeness (QED) is 0.886. The van der Waals surface area contributed by atoms with Gasteiger partial charge in [-0.15, -0.1) is 0 Å². The van der Waals surface area contributed by atoms with Crippen LogP contribution in [0.15, 0.2) is 29.4 Å². The first-order valence-corrected chi connectivity index (χ1v) is 7.87. The summed E-state index contributed by atoms with van der Waals surface area (Å²) in [5.41, 5.74) is 6.36. The summed E-state index contributed by atoms with van der Waals surface area (Å²) < 4.78 is 30.4. The number of rotatable bonds is 3. The molecule has 1 aromatic heterocycles. The first kappa shape index (κ1) is 13.6. The van der Waals surface area contributed by atoms with Crippen molar-refractivity contribution < 1.29 is 17.9 Å². The van der Waals surface area contributed by atoms with Crippen LogP contribution in [0.3, 0.4) is 0 Å². The van der Waals surface area contributed by atoms with Crippen molar-refractivity contribution in [3.05, 3.63) is 30.0 Å². The first-order valence-electron chi connectivity index (χ1n) is 6.21. The summed E-state index contributed by atoms with van der Waals surface area (Å²) in [6.07, 6.45) is 0. The maximum Gasteiger partial charge on any atom is 0.267 e. The zero-order chi connectivity index (χ0) is 15.2. The lowest BCUT2D eigenvalue weighted by Crippen LogP contribution is -2.17. The van der Waals surface area contributed by atoms with Crippen molar-refractivity contribution >= 4 is 15.7 Å². The van der Waals surface area contributed by atoms with Gasteiger partial charge in [-0.1, -0.05) is 12.1 Å². The number of nitrogens with two attached hydrogens (primary N) is 1. The van der Waals surface area contributed by atoms with Crippen LogP contribution in [-0.4, -0.2) is 36.7 Å². The molecule has 110 valence electrons. The summed E-state index contributed by atoms with van der Waals surface area (Å²) in [7, 11) is -1.93. The lowest BCUT2D eigenvalue weighted by atomic mass is 10.1. The van der Waals surface area contributed by atoms with E-state index in [-0.39, 0.29) is 28.8 Å². The number of hydrogen-bond donors (Lipinski definition) is 1. The number of imidazole rings is 1. The zero-order valence-electron chi connectivity index (χ0n) is 11.2. The molecule has 1 amide bonds. The first-order chi connectivity index (χ1) is 9.94. The highest BCUT2D eigenvalue weighted by atomic mass is 32.2. The van der Waals surface area contributed by atoms with Gasteiger partial charge in [0.25, 0.3) is 5.91 Å². The van der Waals surface area contributed by atoms with Gasteiger partial charge in [0.05, 0.1) is 12.9 Å². The minimum Gasteiger partial charge on any atom is -0.497 e. The number of sulfone groups is 1. The van der Waals surface area contributed by atoms with Gasteiger partial charge in [0.15, 0.2) is 0 Å². The average molecular weight is 307 g/mol. The highest BCUT2D eigenvalue weighted by Gasteiger charge is 2.34. The van der Waals surface area contributed by atoms with E-state index in [2.05, 4.69) is 4.98 Å². The molecule has 0 bridgehead atoms. The van der Waals surface area contributed by atoms with Crippen LogP contribution < -0.4 is 10.5 Å². The normalized spacial score (nSPS) is 15.7. The van der Waals surface area contributed by atoms with Gasteiger partial charge >= 0.3 is 0 Å². The fraction of sp³-hybridized carbons (Fsp3) is 0.231. The number of carbonyl (C=O) groups is 1. The van der Waals surface area contributed by atoms with E-state index < -0.39 is 15.7 Å². The van der Waals surface area contributed by atoms with Crippen molar-refractivity contribution in [2.45, 2.75) is 11.7 Å². The second kappa shape index (κ2) is 4.59. The molecule has 0 atom stereocenters. The molecule has 21 heavy (non-hydrogen) atoms. The molecule has 0 unspecified atom stereocenters. The van der Waals surface area contributed by atoms with Gasteiger partial charge in [-0.3, -0.25) is 4.79 Å². The van der Waals surface area contributed by atoms with Gasteiger partial charge in [0, 0.05) is 12.1 Å². The average Bonchev–Trinajstić information content (AvgIpc) is 2.97. The maximum atomic E-state index is 11.9. The fourth-order valence-corrected chi connectivity index (χ4v) is 3.76. The van der Waals surface area contributed by atoms with Gasteiger partial charge in [-0.05, 0) is 12.1 Å². The van der Waals surface area contributed by atoms with E-state index in [0.717, 1.165) is 0 Å². The van der Waals surface area contributed by atoms with Crippen molar-refractivity contribution in [2.24, 2.45) is 5.73 Å². The standard InChI is InChI=1S/C13H13N3O4S/c1-20-9-4-2-3-8(7-9)10-11(12(14)17)16-5-6-21(18,19)13(16)15-10/h2-4,7H,5-6H2,1H3,(H2,14,17). The van der Waals surface area contributed by atoms with E-state index in [9.17, 15) is 13.2 Å². The molecule has 0 aliphatic carbocycles. The van der Waals surface area contributed by atoms with Gasteiger partial charge in [0.1, 0.15) is 17.1 Å². The molecule has 1 aliphatic heterocycles. The number of amides is 1. The van der Waals surface area contributed by atoms with Gasteiger partial charge in [-0.2, -0.15) is 0 Å². The smallest absolute Gasteiger partial charge is 0.267 e. The molecule has 2 heterocycles. The number of aromatic nitrogens is 2. The summed E-state index contributed by atoms with van der Waals surface area (Å²) in [5.74, 6) is -0.184. The maximum absolute atomic E-state index is 11.9. The lowest BCUT2D eigenvalue weighted by Gasteiger charge is -2.05. The molecular formula is C13H13N3O4S. The third kappa shape index (κ3) is 2.07. The SMILES string of the molecule is COc1cccc(-c2nc3n(c2C(N)=O)CCS3(=O)=O)c1. The molecule has 0 saturated carbocycles. The van der Waals surface area contributed by atoms with E-state index in [1.54, 1.807) is 24.3 Å². The predicted molar refractivity (Wildman–Crippen MR) is 74.8 cm³/mol. The van der Waals surface area contributed by atoms with Crippen LogP contribution in [0.25, 0.3) is 11.3 Å². The fourth-order valence-electron chi connectivity index (χ4n) is 2.40. The second-order valence-electron chi connectivity index (χ2n) is 4.66. The molecular weight excluding hydrogens is 294 g/mol. The number of benzene rings is 1. The van der Waals surface area contributed by atoms with Crippen molar-refractivity contribution in [3.8, 4) is 17.0 Å². The van der Waals surface area contributed by atoms with Crippen LogP contribution in [0.5, 0.6) is 5.75 Å². The largest absolute Gasteiger partial charge is 0.497 e. The third-order valence-electron chi connectivity index (χ3n) is 3.37. The Morgan fingerprint density at radius 1 is 1.43 bits per heavy atom. The minimum atomic E-state index is -3.45. The summed E-state index contributed by atoms with van der Waals surface area (Å²) in [5, 5.41) is -0.103. The van der Waals surface area contributed by atoms with Crippen LogP contribution in [0, 0.1) is 0 Å². The molecule has 0 fully saturated rings. The Kier molecular flexibility index (Phi) is 2.98. The zero-order valence-corrected chi connectivity index (χ0v) is 12.1. The topological polar surface area (TPSA) is 104 Å². The number of ether oxygens (including phenoxy) is 1. The molecule has 0 saturated heterocycles. The Morgan fingerprint density at radius 2 is 2.19 bits per heavy atom. The molecule has 1 aromatic carbocycles. The summed E-state index contributed by atoms with van der Waals surface area (Å²) in [4.78, 5) is 15.8. The monoisotopic (exact) mass is 307 g/mol. The van der Waals surface area contributed by atoms with Crippen LogP contribution in [-0.2, 0) is 16.4 Å². The van der Waals surface area contributed by atoms with E-state index in [0.29, 0.717) is 11.3 Å². The van der Waals surface area contributed by atoms with Gasteiger partial charge in [0.2, 0.25) is 15.0 Å². The molecule has 2 N–H and O–H groups in total. The van der Waals surface area contributed by atoms with Crippen molar-refractivity contribution in [1.29, 1.82) is 0 Å². The Hall–Kier alpha value is -2.35. The van der Waals surface area contributed by atoms with E-state index in [1.807, 2.05) is 0 Å². The van der Waals surface area contributed by atoms with Gasteiger partial charge in [-0.25, -0.2) is 13.4 Å². The Balaban J connectivity index is 2.26. The number of primary amides is 1. The van der Waals surface area contributed by atoms with E-state index >= 15 is 0 Å². The molecule has 0 spiro atoms. The van der Waals surface area contributed by atoms with Gasteiger partial charge < -0.3 is 15.0 Å². The van der Waals surface area contributed by atoms with Crippen LogP contribution >= 0.6 is 0 Å². The number of fused-ring (bicyclic) bond motifs is 1. The lowest BCUT2D eigenvalue weighted by molar-refractivity contribution is 0.0991. The summed E-state index contributed by atoms with van der Waals surface area (Å²) >= 11 is 0. The van der Waals surface area contributed by atoms with Crippen molar-refractivity contribution in [1.82, 2.24) is 9.55 Å². The highest BCUT2D eigenvalue weighted by Crippen LogP contribution is 2.31. The molecule has 3 rings (SSSR count). The Labute approximate surface area is 121 Å². The summed E-state index contributed by atoms with van der Waals surface area (Å²) in [6, 6.07) is 6.88. The Morgan fingerprint density at radius 3 is 2.86 bits per heavy atom. The highest BCUT2D eigenvalue weighted by molar-refractivity contribution is 7.91. The number of methoxy groups -OCH3 is 1. The molecule has 0 radical (unpaired) electrons. The van der Waals surface area contributed by atoms with E-state index in [4.69, 9.17) is 10.5 Å². The molecule has 1 aliphatic rings. The second-order valence-corrected chi connectivity index (χ2v) is 6.66. The van der Waals surface area contributed by atoms with Crippen molar-refractivity contribution in [2.75, 3.05) is 12.9 Å². The van der Waals surface area contributed by atoms with Crippen molar-refractivity contribution in [3.63, 3.8) is 0 Å². The minimum absolute atomic E-state index is 0.0615. The number of nitrogens with zero attached hydrogens (tertiary/aromatic N) is 2. The van der Waals surface area contributed by atoms with Crippen LogP contribution in [0.1, 0.15) is 10.5 Å². The molecule has 2 aromatic rings. The number of hydrogen-bond acceptors (Lipinski definition) is 5. The molecule has 7 nitrogen and oxygen atoms in total. The van der Waals surface area contributed by atoms with Crippen LogP contribution in [0.2, 0.25) is 0 Å². The molecule has 8 heteroatoms.